The summed E-state index contributed by atoms with van der Waals surface area (Å²) in [6.07, 6.45) is -3.33. The van der Waals surface area contributed by atoms with E-state index >= 15 is 4.39 Å². The number of benzene rings is 3. The summed E-state index contributed by atoms with van der Waals surface area (Å²) in [6, 6.07) is 14.2. The summed E-state index contributed by atoms with van der Waals surface area (Å²) in [6.45, 7) is -0.681. The van der Waals surface area contributed by atoms with Crippen molar-refractivity contribution in [3.63, 3.8) is 0 Å². The molecule has 1 N–H and O–H groups in total. The molecule has 3 aromatic carbocycles. The molecule has 0 bridgehead atoms. The van der Waals surface area contributed by atoms with Crippen molar-refractivity contribution < 1.29 is 26.4 Å². The molecule has 0 atom stereocenters. The number of alkyl halides is 4. The van der Waals surface area contributed by atoms with Crippen LogP contribution in [-0.4, -0.2) is 33.0 Å². The quantitative estimate of drug-likeness (QED) is 0.208. The third-order valence-electron chi connectivity index (χ3n) is 5.84. The zero-order valence-corrected chi connectivity index (χ0v) is 19.5. The molecule has 0 radical (unpaired) electrons. The van der Waals surface area contributed by atoms with Crippen LogP contribution in [0.2, 0.25) is 0 Å². The van der Waals surface area contributed by atoms with E-state index in [4.69, 9.17) is 4.42 Å². The molecular formula is C26H20F5N5O. The molecule has 0 aliphatic carbocycles. The van der Waals surface area contributed by atoms with E-state index < -0.39 is 29.8 Å². The van der Waals surface area contributed by atoms with Crippen LogP contribution in [0.25, 0.3) is 45.1 Å². The Kier molecular flexibility index (Phi) is 6.46. The van der Waals surface area contributed by atoms with Crippen LogP contribution in [0, 0.1) is 5.82 Å². The Hall–Kier alpha value is -4.12. The molecule has 0 saturated heterocycles. The predicted octanol–water partition coefficient (Wildman–Crippen LogP) is 6.17. The number of aryl methyl sites for hydroxylation is 1. The van der Waals surface area contributed by atoms with Gasteiger partial charge in [0.15, 0.2) is 11.4 Å². The molecule has 5 rings (SSSR count). The van der Waals surface area contributed by atoms with Gasteiger partial charge in [0.25, 0.3) is 0 Å². The van der Waals surface area contributed by atoms with Crippen molar-refractivity contribution in [1.82, 2.24) is 25.1 Å². The fourth-order valence-electron chi connectivity index (χ4n) is 4.20. The summed E-state index contributed by atoms with van der Waals surface area (Å²) in [4.78, 5) is 4.28. The van der Waals surface area contributed by atoms with Crippen LogP contribution in [0.3, 0.4) is 0 Å². The van der Waals surface area contributed by atoms with Gasteiger partial charge in [0.2, 0.25) is 5.89 Å². The number of aromatic nitrogens is 4. The van der Waals surface area contributed by atoms with Crippen molar-refractivity contribution >= 4 is 11.1 Å². The maximum atomic E-state index is 15.5. The zero-order valence-electron chi connectivity index (χ0n) is 19.5. The Morgan fingerprint density at radius 3 is 2.49 bits per heavy atom. The highest BCUT2D eigenvalue weighted by Crippen LogP contribution is 2.43. The fourth-order valence-corrected chi connectivity index (χ4v) is 4.20. The molecule has 2 aromatic heterocycles. The van der Waals surface area contributed by atoms with Gasteiger partial charge in [-0.3, -0.25) is 0 Å². The van der Waals surface area contributed by atoms with E-state index in [0.29, 0.717) is 5.56 Å². The lowest BCUT2D eigenvalue weighted by atomic mass is 9.94. The number of oxazole rings is 1. The Morgan fingerprint density at radius 1 is 1.03 bits per heavy atom. The molecule has 0 aliphatic heterocycles. The summed E-state index contributed by atoms with van der Waals surface area (Å²) in [5, 5.41) is 10.7. The lowest BCUT2D eigenvalue weighted by Gasteiger charge is -2.14. The van der Waals surface area contributed by atoms with Crippen molar-refractivity contribution in [3.05, 3.63) is 77.9 Å². The molecule has 0 spiro atoms. The third kappa shape index (κ3) is 4.69. The van der Waals surface area contributed by atoms with E-state index in [-0.39, 0.29) is 47.0 Å². The molecule has 190 valence electrons. The minimum absolute atomic E-state index is 0.00677. The highest BCUT2D eigenvalue weighted by molar-refractivity contribution is 5.92. The first-order valence-corrected chi connectivity index (χ1v) is 11.3. The Labute approximate surface area is 207 Å². The fraction of sp³-hybridized carbons (Fsp3) is 0.192. The van der Waals surface area contributed by atoms with E-state index in [1.807, 2.05) is 30.3 Å². The summed E-state index contributed by atoms with van der Waals surface area (Å²) in [5.41, 5.74) is -0.00567. The average Bonchev–Trinajstić information content (AvgIpc) is 3.49. The zero-order chi connectivity index (χ0) is 26.2. The van der Waals surface area contributed by atoms with Crippen LogP contribution >= 0.6 is 0 Å². The first-order valence-electron chi connectivity index (χ1n) is 11.3. The lowest BCUT2D eigenvalue weighted by molar-refractivity contribution is -0.136. The molecule has 37 heavy (non-hydrogen) atoms. The van der Waals surface area contributed by atoms with Gasteiger partial charge in [-0.2, -0.15) is 13.2 Å². The van der Waals surface area contributed by atoms with Crippen molar-refractivity contribution in [2.75, 3.05) is 13.2 Å². The monoisotopic (exact) mass is 513 g/mol. The number of rotatable bonds is 7. The van der Waals surface area contributed by atoms with Crippen LogP contribution in [0.5, 0.6) is 0 Å². The standard InChI is InChI=1S/C26H20F5N5O/c1-36-14-33-35-24(36)21-17(16-5-3-2-4-6-16)7-8-19(28)22(21)25-34-20-12-15(13-32-10-9-27)11-18(23(20)37-25)26(29,30)31/h2-8,11-12,14,32H,9-10,13H2,1H3. The van der Waals surface area contributed by atoms with Gasteiger partial charge in [-0.15, -0.1) is 10.2 Å². The average molecular weight is 513 g/mol. The first kappa shape index (κ1) is 24.6. The molecule has 5 aromatic rings. The Balaban J connectivity index is 1.77. The second-order valence-electron chi connectivity index (χ2n) is 8.35. The van der Waals surface area contributed by atoms with Crippen LogP contribution in [0.1, 0.15) is 11.1 Å². The lowest BCUT2D eigenvalue weighted by Crippen LogP contribution is -2.16. The van der Waals surface area contributed by atoms with Crippen molar-refractivity contribution in [1.29, 1.82) is 0 Å². The van der Waals surface area contributed by atoms with Gasteiger partial charge in [-0.25, -0.2) is 13.8 Å². The van der Waals surface area contributed by atoms with Gasteiger partial charge in [-0.05, 0) is 34.9 Å². The summed E-state index contributed by atoms with van der Waals surface area (Å²) < 4.78 is 77.0. The first-order chi connectivity index (χ1) is 17.8. The highest BCUT2D eigenvalue weighted by Gasteiger charge is 2.36. The topological polar surface area (TPSA) is 68.8 Å². The summed E-state index contributed by atoms with van der Waals surface area (Å²) >= 11 is 0. The minimum atomic E-state index is -4.76. The van der Waals surface area contributed by atoms with Gasteiger partial charge >= 0.3 is 6.18 Å². The SMILES string of the molecule is Cn1cnnc1-c1c(-c2ccccc2)ccc(F)c1-c1nc2cc(CNCCF)cc(C(F)(F)F)c2o1. The number of hydrogen-bond acceptors (Lipinski definition) is 5. The van der Waals surface area contributed by atoms with Gasteiger partial charge in [0.05, 0.1) is 5.56 Å². The van der Waals surface area contributed by atoms with E-state index in [1.165, 1.54) is 18.5 Å². The van der Waals surface area contributed by atoms with Crippen LogP contribution in [-0.2, 0) is 19.8 Å². The van der Waals surface area contributed by atoms with Crippen molar-refractivity contribution in [3.8, 4) is 34.0 Å². The van der Waals surface area contributed by atoms with Crippen LogP contribution < -0.4 is 5.32 Å². The molecule has 0 fully saturated rings. The van der Waals surface area contributed by atoms with E-state index in [1.54, 1.807) is 17.7 Å². The molecule has 0 saturated carbocycles. The number of halogens is 5. The largest absolute Gasteiger partial charge is 0.435 e. The molecule has 0 aliphatic rings. The van der Waals surface area contributed by atoms with Gasteiger partial charge < -0.3 is 14.3 Å². The van der Waals surface area contributed by atoms with Gasteiger partial charge in [0, 0.05) is 25.7 Å². The second-order valence-corrected chi connectivity index (χ2v) is 8.35. The van der Waals surface area contributed by atoms with Crippen LogP contribution in [0.4, 0.5) is 22.0 Å². The van der Waals surface area contributed by atoms with E-state index in [9.17, 15) is 17.6 Å². The van der Waals surface area contributed by atoms with Gasteiger partial charge in [0.1, 0.15) is 29.9 Å². The van der Waals surface area contributed by atoms with Gasteiger partial charge in [-0.1, -0.05) is 36.4 Å². The summed E-state index contributed by atoms with van der Waals surface area (Å²) in [5.74, 6) is -0.798. The number of nitrogens with zero attached hydrogens (tertiary/aromatic N) is 4. The van der Waals surface area contributed by atoms with Crippen molar-refractivity contribution in [2.24, 2.45) is 7.05 Å². The molecule has 6 nitrogen and oxygen atoms in total. The van der Waals surface area contributed by atoms with E-state index in [0.717, 1.165) is 11.6 Å². The molecule has 0 amide bonds. The maximum Gasteiger partial charge on any atom is 0.420 e. The third-order valence-corrected chi connectivity index (χ3v) is 5.84. The summed E-state index contributed by atoms with van der Waals surface area (Å²) in [7, 11) is 1.67. The molecule has 0 unspecified atom stereocenters. The number of nitrogens with one attached hydrogen (secondary N) is 1. The van der Waals surface area contributed by atoms with Crippen molar-refractivity contribution in [2.45, 2.75) is 12.7 Å². The second kappa shape index (κ2) is 9.74. The number of hydrogen-bond donors (Lipinski definition) is 1. The Bertz CT molecular complexity index is 1560. The predicted molar refractivity (Wildman–Crippen MR) is 128 cm³/mol. The number of fused-ring (bicyclic) bond motifs is 1. The highest BCUT2D eigenvalue weighted by atomic mass is 19.4. The van der Waals surface area contributed by atoms with E-state index in [2.05, 4.69) is 20.5 Å². The molecular weight excluding hydrogens is 493 g/mol. The normalized spacial score (nSPS) is 11.9. The van der Waals surface area contributed by atoms with Crippen LogP contribution in [0.15, 0.2) is 65.3 Å². The minimum Gasteiger partial charge on any atom is -0.435 e. The maximum absolute atomic E-state index is 15.5. The molecule has 11 heteroatoms. The smallest absolute Gasteiger partial charge is 0.420 e. The molecule has 2 heterocycles. The Morgan fingerprint density at radius 2 is 1.81 bits per heavy atom.